The fraction of sp³-hybridized carbons (Fsp3) is 0.556. The van der Waals surface area contributed by atoms with E-state index < -0.39 is 29.2 Å². The van der Waals surface area contributed by atoms with Gasteiger partial charge >= 0.3 is 12.4 Å². The first-order valence-electron chi connectivity index (χ1n) is 8.84. The molecule has 2 N–H and O–H groups in total. The van der Waals surface area contributed by atoms with Crippen LogP contribution in [0.1, 0.15) is 36.0 Å². The molecule has 4 nitrogen and oxygen atoms in total. The number of hydrogen-bond acceptors (Lipinski definition) is 3. The number of carbonyl (C=O) groups is 1. The summed E-state index contributed by atoms with van der Waals surface area (Å²) in [6, 6.07) is 0.858. The summed E-state index contributed by atoms with van der Waals surface area (Å²) in [6.45, 7) is 1.36. The largest absolute Gasteiger partial charge is 0.418 e. The van der Waals surface area contributed by atoms with Gasteiger partial charge in [0.1, 0.15) is 0 Å². The molecule has 0 bridgehead atoms. The Bertz CT molecular complexity index is 794. The lowest BCUT2D eigenvalue weighted by molar-refractivity contribution is -0.143. The van der Waals surface area contributed by atoms with Crippen molar-refractivity contribution in [1.29, 1.82) is 0 Å². The molecule has 154 valence electrons. The van der Waals surface area contributed by atoms with Crippen molar-refractivity contribution in [2.75, 3.05) is 19.6 Å². The van der Waals surface area contributed by atoms with Crippen molar-refractivity contribution in [1.82, 2.24) is 4.90 Å². The van der Waals surface area contributed by atoms with Crippen LogP contribution in [-0.2, 0) is 23.6 Å². The number of amides is 1. The zero-order valence-electron chi connectivity index (χ0n) is 14.8. The van der Waals surface area contributed by atoms with E-state index >= 15 is 0 Å². The maximum atomic E-state index is 13.2. The number of alkyl halides is 6. The van der Waals surface area contributed by atoms with Crippen LogP contribution >= 0.6 is 0 Å². The first kappa shape index (κ1) is 20.6. The lowest BCUT2D eigenvalue weighted by Gasteiger charge is -2.39. The van der Waals surface area contributed by atoms with Gasteiger partial charge in [-0.1, -0.05) is 0 Å². The molecule has 0 unspecified atom stereocenters. The van der Waals surface area contributed by atoms with Gasteiger partial charge < -0.3 is 10.6 Å². The Labute approximate surface area is 157 Å². The van der Waals surface area contributed by atoms with Crippen LogP contribution in [0.2, 0.25) is 0 Å². The van der Waals surface area contributed by atoms with Gasteiger partial charge in [0.2, 0.25) is 5.91 Å². The third-order valence-electron chi connectivity index (χ3n) is 4.91. The number of fused-ring (bicyclic) bond motifs is 1. The molecular formula is C18H19F6N3O. The summed E-state index contributed by atoms with van der Waals surface area (Å²) in [6.07, 6.45) is -8.54. The van der Waals surface area contributed by atoms with Crippen LogP contribution in [0, 0.1) is 5.92 Å². The van der Waals surface area contributed by atoms with Gasteiger partial charge in [0.05, 0.1) is 16.8 Å². The highest BCUT2D eigenvalue weighted by Crippen LogP contribution is 2.45. The first-order chi connectivity index (χ1) is 13.0. The van der Waals surface area contributed by atoms with Crippen molar-refractivity contribution in [2.24, 2.45) is 16.6 Å². The van der Waals surface area contributed by atoms with Gasteiger partial charge in [-0.25, -0.2) is 0 Å². The fourth-order valence-corrected chi connectivity index (χ4v) is 3.52. The van der Waals surface area contributed by atoms with E-state index in [1.54, 1.807) is 4.90 Å². The van der Waals surface area contributed by atoms with E-state index in [1.807, 2.05) is 0 Å². The van der Waals surface area contributed by atoms with Gasteiger partial charge in [-0.3, -0.25) is 9.79 Å². The number of halogens is 6. The molecular weight excluding hydrogens is 388 g/mol. The van der Waals surface area contributed by atoms with Gasteiger partial charge in [0.15, 0.2) is 0 Å². The van der Waals surface area contributed by atoms with Crippen molar-refractivity contribution in [3.05, 3.63) is 28.8 Å². The van der Waals surface area contributed by atoms with E-state index in [2.05, 4.69) is 4.99 Å². The molecule has 2 aliphatic heterocycles. The zero-order valence-corrected chi connectivity index (χ0v) is 14.8. The lowest BCUT2D eigenvalue weighted by atomic mass is 9.91. The first-order valence-corrected chi connectivity index (χ1v) is 8.84. The number of nitrogens with zero attached hydrogens (tertiary/aromatic N) is 2. The van der Waals surface area contributed by atoms with E-state index in [9.17, 15) is 31.1 Å². The lowest BCUT2D eigenvalue weighted by Crippen LogP contribution is -2.50. The summed E-state index contributed by atoms with van der Waals surface area (Å²) < 4.78 is 78.5. The van der Waals surface area contributed by atoms with Crippen LogP contribution in [0.4, 0.5) is 32.0 Å². The topological polar surface area (TPSA) is 58.7 Å². The van der Waals surface area contributed by atoms with Gasteiger partial charge in [-0.05, 0) is 43.0 Å². The molecule has 3 rings (SSSR count). The zero-order chi connectivity index (χ0) is 20.7. The van der Waals surface area contributed by atoms with E-state index in [1.165, 1.54) is 0 Å². The highest BCUT2D eigenvalue weighted by atomic mass is 19.4. The van der Waals surface area contributed by atoms with Crippen molar-refractivity contribution in [3.8, 4) is 0 Å². The molecule has 2 heterocycles. The number of rotatable bonds is 5. The smallest absolute Gasteiger partial charge is 0.342 e. The van der Waals surface area contributed by atoms with Crippen LogP contribution in [0.15, 0.2) is 17.1 Å². The van der Waals surface area contributed by atoms with Crippen molar-refractivity contribution >= 4 is 17.3 Å². The van der Waals surface area contributed by atoms with E-state index in [0.717, 1.165) is 6.07 Å². The van der Waals surface area contributed by atoms with Crippen LogP contribution in [-0.4, -0.2) is 36.2 Å². The van der Waals surface area contributed by atoms with Crippen LogP contribution < -0.4 is 5.73 Å². The molecule has 0 spiro atoms. The summed E-state index contributed by atoms with van der Waals surface area (Å²) in [7, 11) is 0. The quantitative estimate of drug-likeness (QED) is 0.752. The molecule has 1 saturated heterocycles. The van der Waals surface area contributed by atoms with Gasteiger partial charge in [0, 0.05) is 31.6 Å². The number of carbonyl (C=O) groups excluding carboxylic acids is 1. The summed E-state index contributed by atoms with van der Waals surface area (Å²) in [5, 5.41) is 0. The van der Waals surface area contributed by atoms with E-state index in [-0.39, 0.29) is 29.9 Å². The van der Waals surface area contributed by atoms with Crippen LogP contribution in [0.25, 0.3) is 0 Å². The van der Waals surface area contributed by atoms with Crippen molar-refractivity contribution in [2.45, 2.75) is 38.0 Å². The Morgan fingerprint density at radius 3 is 2.39 bits per heavy atom. The Hall–Kier alpha value is -2.10. The monoisotopic (exact) mass is 407 g/mol. The third kappa shape index (κ3) is 4.31. The maximum Gasteiger partial charge on any atom is 0.418 e. The maximum absolute atomic E-state index is 13.2. The number of hydrogen-bond donors (Lipinski definition) is 1. The van der Waals surface area contributed by atoms with Crippen LogP contribution in [0.3, 0.4) is 0 Å². The average Bonchev–Trinajstić information content (AvgIpc) is 2.95. The molecule has 1 amide bonds. The number of likely N-dealkylation sites (tertiary alicyclic amines) is 1. The standard InChI is InChI=1S/C18H19F6N3O/c19-17(20,21)12-5-11-6-13(26-16(11)14(7-12)18(22,23)24)4-10-8-27(9-10)15(28)2-1-3-25/h5,7,10H,1-4,6,8-9,25H2. The van der Waals surface area contributed by atoms with Crippen molar-refractivity contribution in [3.63, 3.8) is 0 Å². The molecule has 0 atom stereocenters. The SMILES string of the molecule is NCCCC(=O)N1CC(CC2=Nc3c(cc(C(F)(F)F)cc3C(F)(F)F)C2)C1. The minimum atomic E-state index is -4.92. The fourth-order valence-electron chi connectivity index (χ4n) is 3.52. The molecule has 0 radical (unpaired) electrons. The Morgan fingerprint density at radius 2 is 1.82 bits per heavy atom. The normalized spacial score (nSPS) is 17.4. The number of nitrogens with two attached hydrogens (primary N) is 1. The Morgan fingerprint density at radius 1 is 1.14 bits per heavy atom. The minimum absolute atomic E-state index is 0.0208. The predicted molar refractivity (Wildman–Crippen MR) is 90.2 cm³/mol. The highest BCUT2D eigenvalue weighted by Gasteiger charge is 2.41. The average molecular weight is 407 g/mol. The molecule has 2 aliphatic rings. The molecule has 0 saturated carbocycles. The predicted octanol–water partition coefficient (Wildman–Crippen LogP) is 3.94. The second kappa shape index (κ2) is 7.38. The van der Waals surface area contributed by atoms with E-state index in [4.69, 9.17) is 5.73 Å². The molecule has 28 heavy (non-hydrogen) atoms. The third-order valence-corrected chi connectivity index (χ3v) is 4.91. The molecule has 0 aliphatic carbocycles. The highest BCUT2D eigenvalue weighted by molar-refractivity contribution is 5.95. The second-order valence-corrected chi connectivity index (χ2v) is 7.14. The Balaban J connectivity index is 1.70. The number of aliphatic imine (C=N–C) groups is 1. The minimum Gasteiger partial charge on any atom is -0.342 e. The van der Waals surface area contributed by atoms with Crippen LogP contribution in [0.5, 0.6) is 0 Å². The summed E-state index contributed by atoms with van der Waals surface area (Å²) in [4.78, 5) is 17.5. The number of benzene rings is 1. The Kier molecular flexibility index (Phi) is 5.44. The summed E-state index contributed by atoms with van der Waals surface area (Å²) in [5.74, 6) is 0.0267. The van der Waals surface area contributed by atoms with E-state index in [0.29, 0.717) is 44.6 Å². The molecule has 10 heteroatoms. The molecule has 0 aromatic heterocycles. The summed E-state index contributed by atoms with van der Waals surface area (Å²) >= 11 is 0. The van der Waals surface area contributed by atoms with Gasteiger partial charge in [0.25, 0.3) is 0 Å². The van der Waals surface area contributed by atoms with Crippen molar-refractivity contribution < 1.29 is 31.1 Å². The van der Waals surface area contributed by atoms with Gasteiger partial charge in [-0.15, -0.1) is 0 Å². The molecule has 1 aromatic rings. The molecule has 1 aromatic carbocycles. The second-order valence-electron chi connectivity index (χ2n) is 7.14. The summed E-state index contributed by atoms with van der Waals surface area (Å²) in [5.41, 5.74) is 2.60. The van der Waals surface area contributed by atoms with Gasteiger partial charge in [-0.2, -0.15) is 26.3 Å². The molecule has 1 fully saturated rings.